The van der Waals surface area contributed by atoms with Gasteiger partial charge in [-0.25, -0.2) is 0 Å². The van der Waals surface area contributed by atoms with Crippen LogP contribution in [0.3, 0.4) is 0 Å². The van der Waals surface area contributed by atoms with E-state index in [1.54, 1.807) is 0 Å². The number of benzene rings is 1. The number of carbonyl (C=O) groups is 2. The maximum absolute atomic E-state index is 12.5. The molecule has 3 rings (SSSR count). The number of ether oxygens (including phenoxy) is 1. The van der Waals surface area contributed by atoms with Gasteiger partial charge >= 0.3 is 5.97 Å². The molecule has 0 saturated heterocycles. The molecule has 0 amide bonds. The summed E-state index contributed by atoms with van der Waals surface area (Å²) in [6.45, 7) is 4.19. The van der Waals surface area contributed by atoms with E-state index in [9.17, 15) is 9.59 Å². The molecule has 1 aromatic carbocycles. The smallest absolute Gasteiger partial charge is 0.311 e. The summed E-state index contributed by atoms with van der Waals surface area (Å²) in [4.78, 5) is 24.9. The molecule has 3 heteroatoms. The van der Waals surface area contributed by atoms with Gasteiger partial charge < -0.3 is 4.74 Å². The number of ketones is 1. The summed E-state index contributed by atoms with van der Waals surface area (Å²) in [7, 11) is 1.44. The Kier molecular flexibility index (Phi) is 3.19. The highest BCUT2D eigenvalue weighted by atomic mass is 16.5. The van der Waals surface area contributed by atoms with Gasteiger partial charge in [-0.2, -0.15) is 0 Å². The van der Waals surface area contributed by atoms with Gasteiger partial charge in [0, 0.05) is 12.0 Å². The van der Waals surface area contributed by atoms with Crippen LogP contribution in [0.25, 0.3) is 0 Å². The summed E-state index contributed by atoms with van der Waals surface area (Å²) in [5.41, 5.74) is 1.27. The molecule has 1 saturated carbocycles. The van der Waals surface area contributed by atoms with E-state index < -0.39 is 5.41 Å². The van der Waals surface area contributed by atoms with Crippen LogP contribution in [0, 0.1) is 11.3 Å². The van der Waals surface area contributed by atoms with Crippen molar-refractivity contribution >= 4 is 11.8 Å². The summed E-state index contributed by atoms with van der Waals surface area (Å²) >= 11 is 0. The van der Waals surface area contributed by atoms with Crippen LogP contribution >= 0.6 is 0 Å². The van der Waals surface area contributed by atoms with Crippen molar-refractivity contribution in [3.8, 4) is 0 Å². The third-order valence-electron chi connectivity index (χ3n) is 5.81. The fourth-order valence-corrected chi connectivity index (χ4v) is 4.64. The molecular formula is C18H22O3. The second-order valence-electron chi connectivity index (χ2n) is 6.91. The molecule has 0 aromatic heterocycles. The van der Waals surface area contributed by atoms with Crippen molar-refractivity contribution in [2.75, 3.05) is 7.11 Å². The van der Waals surface area contributed by atoms with Gasteiger partial charge in [0.15, 0.2) is 5.78 Å². The normalized spacial score (nSPS) is 34.8. The molecular weight excluding hydrogens is 264 g/mol. The number of rotatable bonds is 1. The summed E-state index contributed by atoms with van der Waals surface area (Å²) in [6, 6.07) is 7.89. The lowest BCUT2D eigenvalue weighted by Gasteiger charge is -2.53. The van der Waals surface area contributed by atoms with Crippen LogP contribution < -0.4 is 0 Å². The molecule has 21 heavy (non-hydrogen) atoms. The van der Waals surface area contributed by atoms with Crippen LogP contribution in [0.4, 0.5) is 0 Å². The van der Waals surface area contributed by atoms with Gasteiger partial charge in [-0.1, -0.05) is 37.6 Å². The minimum atomic E-state index is -0.565. The fourth-order valence-electron chi connectivity index (χ4n) is 4.64. The van der Waals surface area contributed by atoms with Crippen LogP contribution in [0.1, 0.15) is 55.5 Å². The van der Waals surface area contributed by atoms with Crippen molar-refractivity contribution < 1.29 is 14.3 Å². The first-order valence-corrected chi connectivity index (χ1v) is 7.64. The van der Waals surface area contributed by atoms with E-state index in [0.29, 0.717) is 6.42 Å². The van der Waals surface area contributed by atoms with Crippen molar-refractivity contribution in [2.45, 2.75) is 44.9 Å². The largest absolute Gasteiger partial charge is 0.469 e. The first kappa shape index (κ1) is 14.3. The van der Waals surface area contributed by atoms with Crippen molar-refractivity contribution in [3.63, 3.8) is 0 Å². The van der Waals surface area contributed by atoms with Crippen LogP contribution in [0.2, 0.25) is 0 Å². The first-order chi connectivity index (χ1) is 9.93. The lowest BCUT2D eigenvalue weighted by molar-refractivity contribution is -0.160. The van der Waals surface area contributed by atoms with Gasteiger partial charge in [-0.3, -0.25) is 9.59 Å². The number of carbonyl (C=O) groups excluding carboxylic acids is 2. The molecule has 0 aliphatic heterocycles. The Balaban J connectivity index is 2.15. The molecule has 0 unspecified atom stereocenters. The van der Waals surface area contributed by atoms with E-state index in [-0.39, 0.29) is 23.1 Å². The number of Topliss-reactive ketones (excluding diaryl/α,β-unsaturated/α-hetero) is 1. The molecule has 3 atom stereocenters. The Labute approximate surface area is 125 Å². The topological polar surface area (TPSA) is 43.4 Å². The van der Waals surface area contributed by atoms with Gasteiger partial charge in [0.25, 0.3) is 0 Å². The third-order valence-corrected chi connectivity index (χ3v) is 5.81. The Hall–Kier alpha value is -1.64. The van der Waals surface area contributed by atoms with Crippen molar-refractivity contribution in [3.05, 3.63) is 35.4 Å². The maximum Gasteiger partial charge on any atom is 0.311 e. The molecule has 0 heterocycles. The molecule has 0 N–H and O–H groups in total. The summed E-state index contributed by atoms with van der Waals surface area (Å²) < 4.78 is 5.06. The van der Waals surface area contributed by atoms with Crippen molar-refractivity contribution in [1.82, 2.24) is 0 Å². The molecule has 0 bridgehead atoms. The monoisotopic (exact) mass is 286 g/mol. The number of hydrogen-bond acceptors (Lipinski definition) is 3. The van der Waals surface area contributed by atoms with Gasteiger partial charge in [-0.05, 0) is 36.7 Å². The average molecular weight is 286 g/mol. The van der Waals surface area contributed by atoms with Crippen LogP contribution in [-0.2, 0) is 14.9 Å². The molecule has 1 fully saturated rings. The highest BCUT2D eigenvalue weighted by molar-refractivity contribution is 6.00. The SMILES string of the molecule is COC(=O)[C@]1(C)CCC[C@@]2(C)c3ccccc3C(=O)C[C@H]12. The van der Waals surface area contributed by atoms with Crippen molar-refractivity contribution in [1.29, 1.82) is 0 Å². The number of esters is 1. The number of methoxy groups -OCH3 is 1. The zero-order valence-electron chi connectivity index (χ0n) is 12.9. The van der Waals surface area contributed by atoms with Crippen molar-refractivity contribution in [2.24, 2.45) is 11.3 Å². The minimum absolute atomic E-state index is 0.0219. The fraction of sp³-hybridized carbons (Fsp3) is 0.556. The van der Waals surface area contributed by atoms with Gasteiger partial charge in [0.2, 0.25) is 0 Å². The number of fused-ring (bicyclic) bond motifs is 3. The van der Waals surface area contributed by atoms with E-state index >= 15 is 0 Å². The molecule has 2 aliphatic carbocycles. The summed E-state index contributed by atoms with van der Waals surface area (Å²) in [5.74, 6) is 0.00399. The van der Waals surface area contributed by atoms with E-state index in [1.165, 1.54) is 7.11 Å². The highest BCUT2D eigenvalue weighted by Gasteiger charge is 2.57. The first-order valence-electron chi connectivity index (χ1n) is 7.64. The van der Waals surface area contributed by atoms with E-state index in [4.69, 9.17) is 4.74 Å². The molecule has 0 spiro atoms. The highest BCUT2D eigenvalue weighted by Crippen LogP contribution is 2.57. The van der Waals surface area contributed by atoms with E-state index in [0.717, 1.165) is 30.4 Å². The Morgan fingerprint density at radius 1 is 1.24 bits per heavy atom. The quantitative estimate of drug-likeness (QED) is 0.742. The summed E-state index contributed by atoms with van der Waals surface area (Å²) in [5, 5.41) is 0. The molecule has 112 valence electrons. The standard InChI is InChI=1S/C18H22O3/c1-17-9-6-10-18(2,16(20)21-3)15(17)11-14(19)12-7-4-5-8-13(12)17/h4-5,7-8,15H,6,9-11H2,1-3H3/t15-,17-,18+/m0/s1. The predicted molar refractivity (Wildman–Crippen MR) is 80.2 cm³/mol. The van der Waals surface area contributed by atoms with Gasteiger partial charge in [0.1, 0.15) is 0 Å². The molecule has 0 radical (unpaired) electrons. The zero-order valence-corrected chi connectivity index (χ0v) is 12.9. The second-order valence-corrected chi connectivity index (χ2v) is 6.91. The maximum atomic E-state index is 12.5. The summed E-state index contributed by atoms with van der Waals surface area (Å²) in [6.07, 6.45) is 3.25. The third kappa shape index (κ3) is 1.86. The van der Waals surface area contributed by atoms with E-state index in [1.807, 2.05) is 25.1 Å². The number of hydrogen-bond donors (Lipinski definition) is 0. The Morgan fingerprint density at radius 2 is 1.95 bits per heavy atom. The molecule has 2 aliphatic rings. The average Bonchev–Trinajstić information content (AvgIpc) is 2.49. The Morgan fingerprint density at radius 3 is 2.67 bits per heavy atom. The Bertz CT molecular complexity index is 606. The molecule has 1 aromatic rings. The van der Waals surface area contributed by atoms with Crippen LogP contribution in [-0.4, -0.2) is 18.9 Å². The van der Waals surface area contributed by atoms with Gasteiger partial charge in [0.05, 0.1) is 12.5 Å². The predicted octanol–water partition coefficient (Wildman–Crippen LogP) is 3.51. The second kappa shape index (κ2) is 4.69. The van der Waals surface area contributed by atoms with E-state index in [2.05, 4.69) is 13.0 Å². The lowest BCUT2D eigenvalue weighted by atomic mass is 9.49. The zero-order chi connectivity index (χ0) is 15.3. The lowest BCUT2D eigenvalue weighted by Crippen LogP contribution is -2.53. The van der Waals surface area contributed by atoms with Crippen LogP contribution in [0.15, 0.2) is 24.3 Å². The molecule has 3 nitrogen and oxygen atoms in total. The van der Waals surface area contributed by atoms with Crippen LogP contribution in [0.5, 0.6) is 0 Å². The van der Waals surface area contributed by atoms with Gasteiger partial charge in [-0.15, -0.1) is 0 Å². The minimum Gasteiger partial charge on any atom is -0.469 e.